The number of methoxy groups -OCH3 is 1. The summed E-state index contributed by atoms with van der Waals surface area (Å²) in [7, 11) is 1.49. The molecule has 0 saturated carbocycles. The van der Waals surface area contributed by atoms with Crippen molar-refractivity contribution in [1.82, 2.24) is 10.2 Å². The quantitative estimate of drug-likeness (QED) is 0.894. The standard InChI is InChI=1S/C19H19ClN2O3/c1-25-17-8-7-14(20)11-15(17)18(23)21-16-9-10-22(19(16)24)12-13-5-3-2-4-6-13/h2-8,11,16H,9-10,12H2,1H3,(H,21,23)/t16-/m1/s1. The van der Waals surface area contributed by atoms with Crippen molar-refractivity contribution in [3.63, 3.8) is 0 Å². The molecule has 3 rings (SSSR count). The van der Waals surface area contributed by atoms with Gasteiger partial charge in [-0.3, -0.25) is 9.59 Å². The highest BCUT2D eigenvalue weighted by atomic mass is 35.5. The Morgan fingerprint density at radius 2 is 2.04 bits per heavy atom. The summed E-state index contributed by atoms with van der Waals surface area (Å²) in [6, 6.07) is 14.1. The first-order chi connectivity index (χ1) is 12.1. The molecule has 2 aromatic carbocycles. The average molecular weight is 359 g/mol. The molecule has 0 unspecified atom stereocenters. The van der Waals surface area contributed by atoms with Crippen LogP contribution in [0.15, 0.2) is 48.5 Å². The molecule has 1 heterocycles. The molecule has 1 fully saturated rings. The van der Waals surface area contributed by atoms with Gasteiger partial charge in [0, 0.05) is 18.1 Å². The second-order valence-electron chi connectivity index (χ2n) is 5.90. The number of rotatable bonds is 5. The van der Waals surface area contributed by atoms with E-state index in [0.29, 0.717) is 35.8 Å². The molecule has 6 heteroatoms. The number of benzene rings is 2. The third-order valence-corrected chi connectivity index (χ3v) is 4.46. The number of nitrogens with zero attached hydrogens (tertiary/aromatic N) is 1. The van der Waals surface area contributed by atoms with Gasteiger partial charge in [-0.15, -0.1) is 0 Å². The van der Waals surface area contributed by atoms with Gasteiger partial charge in [0.05, 0.1) is 12.7 Å². The smallest absolute Gasteiger partial charge is 0.255 e. The number of carbonyl (C=O) groups is 2. The molecular weight excluding hydrogens is 340 g/mol. The zero-order valence-corrected chi connectivity index (χ0v) is 14.6. The lowest BCUT2D eigenvalue weighted by Gasteiger charge is -2.17. The Balaban J connectivity index is 1.67. The Morgan fingerprint density at radius 3 is 2.76 bits per heavy atom. The van der Waals surface area contributed by atoms with Crippen LogP contribution in [0.1, 0.15) is 22.3 Å². The first-order valence-electron chi connectivity index (χ1n) is 8.05. The van der Waals surface area contributed by atoms with Gasteiger partial charge in [-0.25, -0.2) is 0 Å². The lowest BCUT2D eigenvalue weighted by Crippen LogP contribution is -2.41. The predicted molar refractivity (Wildman–Crippen MR) is 95.7 cm³/mol. The molecule has 2 aromatic rings. The fourth-order valence-electron chi connectivity index (χ4n) is 2.93. The Morgan fingerprint density at radius 1 is 1.28 bits per heavy atom. The topological polar surface area (TPSA) is 58.6 Å². The third-order valence-electron chi connectivity index (χ3n) is 4.23. The molecule has 5 nitrogen and oxygen atoms in total. The van der Waals surface area contributed by atoms with Crippen molar-refractivity contribution in [2.24, 2.45) is 0 Å². The Bertz CT molecular complexity index is 779. The van der Waals surface area contributed by atoms with E-state index in [1.807, 2.05) is 30.3 Å². The van der Waals surface area contributed by atoms with E-state index >= 15 is 0 Å². The fourth-order valence-corrected chi connectivity index (χ4v) is 3.10. The van der Waals surface area contributed by atoms with Gasteiger partial charge in [-0.1, -0.05) is 41.9 Å². The molecule has 1 N–H and O–H groups in total. The molecule has 0 bridgehead atoms. The van der Waals surface area contributed by atoms with Crippen LogP contribution < -0.4 is 10.1 Å². The van der Waals surface area contributed by atoms with E-state index in [1.54, 1.807) is 17.0 Å². The van der Waals surface area contributed by atoms with Gasteiger partial charge in [-0.2, -0.15) is 0 Å². The largest absolute Gasteiger partial charge is 0.496 e. The van der Waals surface area contributed by atoms with E-state index in [9.17, 15) is 9.59 Å². The Hall–Kier alpha value is -2.53. The lowest BCUT2D eigenvalue weighted by molar-refractivity contribution is -0.129. The van der Waals surface area contributed by atoms with Crippen LogP contribution in [0.2, 0.25) is 5.02 Å². The second kappa shape index (κ2) is 7.57. The molecule has 0 aliphatic carbocycles. The highest BCUT2D eigenvalue weighted by molar-refractivity contribution is 6.31. The summed E-state index contributed by atoms with van der Waals surface area (Å²) in [6.07, 6.45) is 0.584. The number of likely N-dealkylation sites (tertiary alicyclic amines) is 1. The van der Waals surface area contributed by atoms with E-state index < -0.39 is 6.04 Å². The van der Waals surface area contributed by atoms with Gasteiger partial charge < -0.3 is 15.0 Å². The number of ether oxygens (including phenoxy) is 1. The lowest BCUT2D eigenvalue weighted by atomic mass is 10.1. The van der Waals surface area contributed by atoms with Crippen LogP contribution in [-0.2, 0) is 11.3 Å². The van der Waals surface area contributed by atoms with Crippen molar-refractivity contribution in [1.29, 1.82) is 0 Å². The second-order valence-corrected chi connectivity index (χ2v) is 6.34. The molecule has 1 aliphatic heterocycles. The summed E-state index contributed by atoms with van der Waals surface area (Å²) in [5.41, 5.74) is 1.39. The van der Waals surface area contributed by atoms with E-state index in [1.165, 1.54) is 13.2 Å². The first kappa shape index (κ1) is 17.3. The number of hydrogen-bond acceptors (Lipinski definition) is 3. The van der Waals surface area contributed by atoms with E-state index in [-0.39, 0.29) is 11.8 Å². The number of amides is 2. The van der Waals surface area contributed by atoms with Crippen molar-refractivity contribution < 1.29 is 14.3 Å². The summed E-state index contributed by atoms with van der Waals surface area (Å²) in [4.78, 5) is 26.8. The number of hydrogen-bond donors (Lipinski definition) is 1. The van der Waals surface area contributed by atoms with Crippen LogP contribution in [0.25, 0.3) is 0 Å². The number of halogens is 1. The van der Waals surface area contributed by atoms with Crippen LogP contribution in [0.3, 0.4) is 0 Å². The maximum absolute atomic E-state index is 12.6. The van der Waals surface area contributed by atoms with Crippen molar-refractivity contribution in [3.05, 3.63) is 64.7 Å². The van der Waals surface area contributed by atoms with E-state index in [4.69, 9.17) is 16.3 Å². The van der Waals surface area contributed by atoms with Gasteiger partial charge >= 0.3 is 0 Å². The molecule has 130 valence electrons. The molecule has 0 spiro atoms. The van der Waals surface area contributed by atoms with Crippen LogP contribution in [0.4, 0.5) is 0 Å². The summed E-state index contributed by atoms with van der Waals surface area (Å²) < 4.78 is 5.20. The van der Waals surface area contributed by atoms with Gasteiger partial charge in [0.15, 0.2) is 0 Å². The maximum Gasteiger partial charge on any atom is 0.255 e. The summed E-state index contributed by atoms with van der Waals surface area (Å²) >= 11 is 5.97. The van der Waals surface area contributed by atoms with E-state index in [2.05, 4.69) is 5.32 Å². The highest BCUT2D eigenvalue weighted by Crippen LogP contribution is 2.23. The van der Waals surface area contributed by atoms with Gasteiger partial charge in [-0.05, 0) is 30.2 Å². The monoisotopic (exact) mass is 358 g/mol. The zero-order valence-electron chi connectivity index (χ0n) is 13.9. The summed E-state index contributed by atoms with van der Waals surface area (Å²) in [5.74, 6) is -0.00838. The van der Waals surface area contributed by atoms with Crippen molar-refractivity contribution in [2.75, 3.05) is 13.7 Å². The van der Waals surface area contributed by atoms with Gasteiger partial charge in [0.2, 0.25) is 5.91 Å². The normalized spacial score (nSPS) is 16.8. The average Bonchev–Trinajstić information content (AvgIpc) is 2.96. The van der Waals surface area contributed by atoms with Crippen molar-refractivity contribution in [3.8, 4) is 5.75 Å². The minimum absolute atomic E-state index is 0.0711. The van der Waals surface area contributed by atoms with E-state index in [0.717, 1.165) is 5.56 Å². The number of carbonyl (C=O) groups excluding carboxylic acids is 2. The molecular formula is C19H19ClN2O3. The third kappa shape index (κ3) is 3.94. The van der Waals surface area contributed by atoms with Crippen LogP contribution >= 0.6 is 11.6 Å². The molecule has 0 radical (unpaired) electrons. The molecule has 2 amide bonds. The SMILES string of the molecule is COc1ccc(Cl)cc1C(=O)N[C@@H]1CCN(Cc2ccccc2)C1=O. The minimum atomic E-state index is -0.528. The van der Waals surface area contributed by atoms with Crippen LogP contribution in [-0.4, -0.2) is 36.4 Å². The number of nitrogens with one attached hydrogen (secondary N) is 1. The summed E-state index contributed by atoms with van der Waals surface area (Å²) in [5, 5.41) is 3.23. The first-order valence-corrected chi connectivity index (χ1v) is 8.43. The molecule has 25 heavy (non-hydrogen) atoms. The summed E-state index contributed by atoms with van der Waals surface area (Å²) in [6.45, 7) is 1.16. The molecule has 1 atom stereocenters. The van der Waals surface area contributed by atoms with Crippen molar-refractivity contribution >= 4 is 23.4 Å². The van der Waals surface area contributed by atoms with Crippen LogP contribution in [0, 0.1) is 0 Å². The zero-order chi connectivity index (χ0) is 17.8. The molecule has 0 aromatic heterocycles. The van der Waals surface area contributed by atoms with Crippen LogP contribution in [0.5, 0.6) is 5.75 Å². The fraction of sp³-hybridized carbons (Fsp3) is 0.263. The molecule has 1 saturated heterocycles. The van der Waals surface area contributed by atoms with Gasteiger partial charge in [0.1, 0.15) is 11.8 Å². The molecule has 1 aliphatic rings. The Labute approximate surface area is 151 Å². The van der Waals surface area contributed by atoms with Crippen molar-refractivity contribution in [2.45, 2.75) is 19.0 Å². The van der Waals surface area contributed by atoms with Gasteiger partial charge in [0.25, 0.3) is 5.91 Å². The predicted octanol–water partition coefficient (Wildman–Crippen LogP) is 2.88. The minimum Gasteiger partial charge on any atom is -0.496 e. The Kier molecular flexibility index (Phi) is 5.24. The highest BCUT2D eigenvalue weighted by Gasteiger charge is 2.33. The maximum atomic E-state index is 12.6.